The Bertz CT molecular complexity index is 173. The van der Waals surface area contributed by atoms with Gasteiger partial charge in [-0.3, -0.25) is 0 Å². The third-order valence-corrected chi connectivity index (χ3v) is 4.66. The molecule has 1 aliphatic rings. The van der Waals surface area contributed by atoms with Gasteiger partial charge >= 0.3 is 0 Å². The van der Waals surface area contributed by atoms with Crippen LogP contribution in [0.4, 0.5) is 0 Å². The summed E-state index contributed by atoms with van der Waals surface area (Å²) in [5.41, 5.74) is 0. The number of hydrogen-bond donors (Lipinski definition) is 0. The Morgan fingerprint density at radius 1 is 1.43 bits per heavy atom. The second-order valence-corrected chi connectivity index (χ2v) is 7.03. The summed E-state index contributed by atoms with van der Waals surface area (Å²) in [6.45, 7) is 10.6. The summed E-state index contributed by atoms with van der Waals surface area (Å²) in [5, 5.41) is 0. The van der Waals surface area contributed by atoms with Crippen LogP contribution in [0.2, 0.25) is 0 Å². The molecule has 1 nitrogen and oxygen atoms in total. The highest BCUT2D eigenvalue weighted by molar-refractivity contribution is 8.00. The van der Waals surface area contributed by atoms with Gasteiger partial charge in [0.2, 0.25) is 0 Å². The van der Waals surface area contributed by atoms with Crippen LogP contribution in [-0.2, 0) is 0 Å². The minimum Gasteiger partial charge on any atom is -0.302 e. The summed E-state index contributed by atoms with van der Waals surface area (Å²) in [6, 6.07) is 0. The summed E-state index contributed by atoms with van der Waals surface area (Å²) in [5.74, 6) is 2.68. The highest BCUT2D eigenvalue weighted by Gasteiger charge is 2.23. The van der Waals surface area contributed by atoms with Crippen LogP contribution in [-0.4, -0.2) is 40.9 Å². The van der Waals surface area contributed by atoms with E-state index >= 15 is 0 Å². The maximum absolute atomic E-state index is 5.84. The maximum Gasteiger partial charge on any atom is 0.0261 e. The first-order chi connectivity index (χ1) is 6.53. The zero-order valence-corrected chi connectivity index (χ0v) is 11.1. The van der Waals surface area contributed by atoms with Gasteiger partial charge in [-0.05, 0) is 18.9 Å². The van der Waals surface area contributed by atoms with E-state index in [4.69, 9.17) is 11.6 Å². The third-order valence-electron chi connectivity index (χ3n) is 2.76. The monoisotopic (exact) mass is 235 g/mol. The molecule has 0 saturated carbocycles. The van der Waals surface area contributed by atoms with Gasteiger partial charge < -0.3 is 4.90 Å². The summed E-state index contributed by atoms with van der Waals surface area (Å²) >= 11 is 7.94. The average Bonchev–Trinajstić information content (AvgIpc) is 2.28. The third kappa shape index (κ3) is 4.41. The molecule has 84 valence electrons. The fourth-order valence-electron chi connectivity index (χ4n) is 1.73. The molecule has 1 fully saturated rings. The molecule has 3 heteroatoms. The van der Waals surface area contributed by atoms with Gasteiger partial charge in [-0.25, -0.2) is 0 Å². The summed E-state index contributed by atoms with van der Waals surface area (Å²) in [7, 11) is 0. The minimum absolute atomic E-state index is 0.471. The Balaban J connectivity index is 2.35. The molecule has 0 radical (unpaired) electrons. The van der Waals surface area contributed by atoms with Gasteiger partial charge in [0, 0.05) is 29.5 Å². The molecule has 0 aliphatic carbocycles. The van der Waals surface area contributed by atoms with Crippen molar-refractivity contribution in [2.24, 2.45) is 5.92 Å². The molecule has 0 aromatic rings. The first-order valence-corrected chi connectivity index (χ1v) is 6.98. The van der Waals surface area contributed by atoms with E-state index in [9.17, 15) is 0 Å². The smallest absolute Gasteiger partial charge is 0.0261 e. The quantitative estimate of drug-likeness (QED) is 0.692. The Hall–Kier alpha value is 0.600. The van der Waals surface area contributed by atoms with Crippen molar-refractivity contribution in [3.05, 3.63) is 0 Å². The molecule has 14 heavy (non-hydrogen) atoms. The lowest BCUT2D eigenvalue weighted by molar-refractivity contribution is 0.255. The molecule has 0 aromatic carbocycles. The van der Waals surface area contributed by atoms with Gasteiger partial charge in [0.25, 0.3) is 0 Å². The zero-order chi connectivity index (χ0) is 10.6. The van der Waals surface area contributed by atoms with Gasteiger partial charge in [0.15, 0.2) is 0 Å². The molecular weight excluding hydrogens is 214 g/mol. The standard InChI is InChI=1S/C11H22ClNS/c1-10(8-12)9-13-5-4-11(2,3)14-7-6-13/h10H,4-9H2,1-3H3. The molecule has 0 N–H and O–H groups in total. The van der Waals surface area contributed by atoms with Gasteiger partial charge in [0.1, 0.15) is 0 Å². The first-order valence-electron chi connectivity index (χ1n) is 5.46. The van der Waals surface area contributed by atoms with Crippen LogP contribution in [0.1, 0.15) is 27.2 Å². The molecule has 0 amide bonds. The van der Waals surface area contributed by atoms with Crippen molar-refractivity contribution in [3.63, 3.8) is 0 Å². The Morgan fingerprint density at radius 3 is 2.79 bits per heavy atom. The fraction of sp³-hybridized carbons (Fsp3) is 1.00. The van der Waals surface area contributed by atoms with Gasteiger partial charge in [-0.15, -0.1) is 11.6 Å². The van der Waals surface area contributed by atoms with E-state index in [0.29, 0.717) is 10.7 Å². The van der Waals surface area contributed by atoms with Crippen LogP contribution in [0.5, 0.6) is 0 Å². The predicted octanol–water partition coefficient (Wildman–Crippen LogP) is 3.08. The molecule has 1 rings (SSSR count). The van der Waals surface area contributed by atoms with E-state index in [-0.39, 0.29) is 0 Å². The van der Waals surface area contributed by atoms with Crippen molar-refractivity contribution < 1.29 is 0 Å². The van der Waals surface area contributed by atoms with Crippen molar-refractivity contribution >= 4 is 23.4 Å². The van der Waals surface area contributed by atoms with E-state index in [0.717, 1.165) is 5.88 Å². The van der Waals surface area contributed by atoms with Crippen LogP contribution in [0, 0.1) is 5.92 Å². The van der Waals surface area contributed by atoms with E-state index < -0.39 is 0 Å². The van der Waals surface area contributed by atoms with E-state index in [1.54, 1.807) is 0 Å². The summed E-state index contributed by atoms with van der Waals surface area (Å²) in [4.78, 5) is 2.56. The molecule has 0 spiro atoms. The lowest BCUT2D eigenvalue weighted by atomic mass is 10.1. The van der Waals surface area contributed by atoms with E-state index in [1.807, 2.05) is 0 Å². The van der Waals surface area contributed by atoms with Crippen LogP contribution < -0.4 is 0 Å². The van der Waals surface area contributed by atoms with Crippen LogP contribution in [0.3, 0.4) is 0 Å². The normalized spacial score (nSPS) is 25.7. The van der Waals surface area contributed by atoms with Gasteiger partial charge in [0.05, 0.1) is 0 Å². The first kappa shape index (κ1) is 12.7. The van der Waals surface area contributed by atoms with Crippen LogP contribution in [0.25, 0.3) is 0 Å². The van der Waals surface area contributed by atoms with Crippen molar-refractivity contribution in [3.8, 4) is 0 Å². The molecule has 0 aromatic heterocycles. The minimum atomic E-state index is 0.471. The number of halogens is 1. The topological polar surface area (TPSA) is 3.24 Å². The molecule has 1 saturated heterocycles. The molecule has 1 aliphatic heterocycles. The van der Waals surface area contributed by atoms with Gasteiger partial charge in [-0.1, -0.05) is 20.8 Å². The largest absolute Gasteiger partial charge is 0.302 e. The number of rotatable bonds is 3. The molecule has 1 atom stereocenters. The van der Waals surface area contributed by atoms with Gasteiger partial charge in [-0.2, -0.15) is 11.8 Å². The number of alkyl halides is 1. The summed E-state index contributed by atoms with van der Waals surface area (Å²) < 4.78 is 0.471. The number of hydrogen-bond acceptors (Lipinski definition) is 2. The molecule has 0 bridgehead atoms. The van der Waals surface area contributed by atoms with Crippen molar-refractivity contribution in [1.29, 1.82) is 0 Å². The van der Waals surface area contributed by atoms with Crippen molar-refractivity contribution in [2.45, 2.75) is 31.9 Å². The average molecular weight is 236 g/mol. The summed E-state index contributed by atoms with van der Waals surface area (Å²) in [6.07, 6.45) is 1.30. The molecule has 1 unspecified atom stereocenters. The van der Waals surface area contributed by atoms with Crippen molar-refractivity contribution in [1.82, 2.24) is 4.90 Å². The van der Waals surface area contributed by atoms with E-state index in [2.05, 4.69) is 37.4 Å². The fourth-order valence-corrected chi connectivity index (χ4v) is 2.97. The maximum atomic E-state index is 5.84. The Morgan fingerprint density at radius 2 is 2.14 bits per heavy atom. The zero-order valence-electron chi connectivity index (χ0n) is 9.55. The van der Waals surface area contributed by atoms with Crippen LogP contribution >= 0.6 is 23.4 Å². The number of thioether (sulfide) groups is 1. The second-order valence-electron chi connectivity index (χ2n) is 4.92. The lowest BCUT2D eigenvalue weighted by Crippen LogP contribution is -2.31. The highest BCUT2D eigenvalue weighted by Crippen LogP contribution is 2.30. The van der Waals surface area contributed by atoms with Crippen LogP contribution in [0.15, 0.2) is 0 Å². The predicted molar refractivity (Wildman–Crippen MR) is 67.5 cm³/mol. The van der Waals surface area contributed by atoms with E-state index in [1.165, 1.54) is 31.8 Å². The Labute approximate surface area is 97.6 Å². The highest BCUT2D eigenvalue weighted by atomic mass is 35.5. The molecular formula is C11H22ClNS. The lowest BCUT2D eigenvalue weighted by Gasteiger charge is -2.24. The van der Waals surface area contributed by atoms with Crippen molar-refractivity contribution in [2.75, 3.05) is 31.3 Å². The second kappa shape index (κ2) is 5.62. The number of nitrogens with zero attached hydrogens (tertiary/aromatic N) is 1. The SMILES string of the molecule is CC(CCl)CN1CCSC(C)(C)CC1. The molecule has 1 heterocycles. The Kier molecular flexibility index (Phi) is 5.09.